The number of aldehydes is 1. The summed E-state index contributed by atoms with van der Waals surface area (Å²) in [6.07, 6.45) is 1.32. The highest BCUT2D eigenvalue weighted by molar-refractivity contribution is 6.31. The molecule has 0 aliphatic carbocycles. The second kappa shape index (κ2) is 4.74. The highest BCUT2D eigenvalue weighted by Gasteiger charge is 2.22. The van der Waals surface area contributed by atoms with Gasteiger partial charge >= 0.3 is 0 Å². The van der Waals surface area contributed by atoms with E-state index in [4.69, 9.17) is 21.1 Å². The number of ether oxygens (including phenoxy) is 2. The first kappa shape index (κ1) is 11.3. The number of halogens is 1. The first-order valence-corrected chi connectivity index (χ1v) is 5.63. The summed E-state index contributed by atoms with van der Waals surface area (Å²) in [5, 5.41) is 0.624. The summed E-state index contributed by atoms with van der Waals surface area (Å²) < 4.78 is 11.1. The fourth-order valence-corrected chi connectivity index (χ4v) is 2.17. The molecule has 0 bridgehead atoms. The van der Waals surface area contributed by atoms with E-state index in [-0.39, 0.29) is 5.92 Å². The van der Waals surface area contributed by atoms with Gasteiger partial charge in [0.25, 0.3) is 0 Å². The van der Waals surface area contributed by atoms with Crippen molar-refractivity contribution in [2.45, 2.75) is 19.3 Å². The molecule has 0 radical (unpaired) electrons. The minimum Gasteiger partial charge on any atom is -0.486 e. The zero-order valence-electron chi connectivity index (χ0n) is 9.03. The Labute approximate surface area is 99.3 Å². The van der Waals surface area contributed by atoms with E-state index in [1.807, 2.05) is 6.92 Å². The number of carbonyl (C=O) groups excluding carboxylic acids is 1. The standard InChI is InChI=1S/C12H13ClO3/c1-8(4-5-14)11-9(13)2-3-10-12(11)16-7-6-15-10/h2-3,5,8H,4,6-7H2,1H3. The van der Waals surface area contributed by atoms with E-state index >= 15 is 0 Å². The maximum absolute atomic E-state index is 10.6. The van der Waals surface area contributed by atoms with Crippen molar-refractivity contribution in [3.8, 4) is 11.5 Å². The second-order valence-corrected chi connectivity index (χ2v) is 4.20. The van der Waals surface area contributed by atoms with Crippen molar-refractivity contribution in [3.63, 3.8) is 0 Å². The lowest BCUT2D eigenvalue weighted by atomic mass is 9.96. The van der Waals surface area contributed by atoms with Gasteiger partial charge in [-0.25, -0.2) is 0 Å². The van der Waals surface area contributed by atoms with Gasteiger partial charge in [0.05, 0.1) is 0 Å². The molecule has 0 amide bonds. The Hall–Kier alpha value is -1.22. The third-order valence-electron chi connectivity index (χ3n) is 2.64. The van der Waals surface area contributed by atoms with Crippen molar-refractivity contribution in [1.29, 1.82) is 0 Å². The zero-order chi connectivity index (χ0) is 11.5. The van der Waals surface area contributed by atoms with Crippen molar-refractivity contribution in [1.82, 2.24) is 0 Å². The van der Waals surface area contributed by atoms with Gasteiger partial charge in [0.2, 0.25) is 0 Å². The molecule has 1 aromatic rings. The summed E-state index contributed by atoms with van der Waals surface area (Å²) >= 11 is 6.14. The minimum atomic E-state index is 0.0432. The molecular weight excluding hydrogens is 228 g/mol. The molecule has 4 heteroatoms. The van der Waals surface area contributed by atoms with Gasteiger partial charge in [0.15, 0.2) is 11.5 Å². The molecule has 0 aromatic heterocycles. The number of hydrogen-bond acceptors (Lipinski definition) is 3. The van der Waals surface area contributed by atoms with Crippen LogP contribution >= 0.6 is 11.6 Å². The normalized spacial score (nSPS) is 15.6. The van der Waals surface area contributed by atoms with E-state index in [0.717, 1.165) is 11.8 Å². The maximum Gasteiger partial charge on any atom is 0.166 e. The van der Waals surface area contributed by atoms with Crippen LogP contribution in [0.25, 0.3) is 0 Å². The smallest absolute Gasteiger partial charge is 0.166 e. The van der Waals surface area contributed by atoms with Crippen molar-refractivity contribution in [2.24, 2.45) is 0 Å². The lowest BCUT2D eigenvalue weighted by Gasteiger charge is -2.23. The quantitative estimate of drug-likeness (QED) is 0.763. The number of fused-ring (bicyclic) bond motifs is 1. The van der Waals surface area contributed by atoms with Crippen LogP contribution in [-0.4, -0.2) is 19.5 Å². The summed E-state index contributed by atoms with van der Waals surface area (Å²) in [6.45, 7) is 3.03. The lowest BCUT2D eigenvalue weighted by Crippen LogP contribution is -2.17. The van der Waals surface area contributed by atoms with E-state index in [1.165, 1.54) is 0 Å². The maximum atomic E-state index is 10.6. The number of hydrogen-bond donors (Lipinski definition) is 0. The predicted molar refractivity (Wildman–Crippen MR) is 61.5 cm³/mol. The molecule has 1 aliphatic heterocycles. The molecule has 1 atom stereocenters. The molecule has 16 heavy (non-hydrogen) atoms. The Morgan fingerprint density at radius 3 is 2.94 bits per heavy atom. The molecule has 1 heterocycles. The Morgan fingerprint density at radius 1 is 1.44 bits per heavy atom. The highest BCUT2D eigenvalue weighted by atomic mass is 35.5. The van der Waals surface area contributed by atoms with Crippen molar-refractivity contribution in [3.05, 3.63) is 22.7 Å². The average molecular weight is 241 g/mol. The first-order chi connectivity index (χ1) is 7.74. The fourth-order valence-electron chi connectivity index (χ4n) is 1.83. The van der Waals surface area contributed by atoms with Crippen LogP contribution in [0.1, 0.15) is 24.8 Å². The number of benzene rings is 1. The molecule has 1 unspecified atom stereocenters. The topological polar surface area (TPSA) is 35.5 Å². The van der Waals surface area contributed by atoms with Crippen LogP contribution in [0.5, 0.6) is 11.5 Å². The largest absolute Gasteiger partial charge is 0.486 e. The Balaban J connectivity index is 2.44. The first-order valence-electron chi connectivity index (χ1n) is 5.25. The minimum absolute atomic E-state index is 0.0432. The molecule has 1 aromatic carbocycles. The molecule has 0 fully saturated rings. The number of rotatable bonds is 3. The van der Waals surface area contributed by atoms with Crippen molar-refractivity contribution >= 4 is 17.9 Å². The molecule has 0 saturated carbocycles. The molecule has 0 saturated heterocycles. The third-order valence-corrected chi connectivity index (χ3v) is 2.97. The van der Waals surface area contributed by atoms with Gasteiger partial charge in [0, 0.05) is 17.0 Å². The molecule has 2 rings (SSSR count). The summed E-state index contributed by atoms with van der Waals surface area (Å²) in [6, 6.07) is 3.58. The van der Waals surface area contributed by atoms with E-state index in [1.54, 1.807) is 12.1 Å². The molecular formula is C12H13ClO3. The second-order valence-electron chi connectivity index (χ2n) is 3.79. The van der Waals surface area contributed by atoms with Crippen molar-refractivity contribution < 1.29 is 14.3 Å². The summed E-state index contributed by atoms with van der Waals surface area (Å²) in [5.41, 5.74) is 0.867. The van der Waals surface area contributed by atoms with E-state index < -0.39 is 0 Å². The van der Waals surface area contributed by atoms with Crippen LogP contribution in [-0.2, 0) is 4.79 Å². The van der Waals surface area contributed by atoms with Crippen LogP contribution in [0.15, 0.2) is 12.1 Å². The number of carbonyl (C=O) groups is 1. The van der Waals surface area contributed by atoms with Crippen LogP contribution in [0.3, 0.4) is 0 Å². The Morgan fingerprint density at radius 2 is 2.19 bits per heavy atom. The van der Waals surface area contributed by atoms with Crippen LogP contribution in [0.4, 0.5) is 0 Å². The zero-order valence-corrected chi connectivity index (χ0v) is 9.79. The highest BCUT2D eigenvalue weighted by Crippen LogP contribution is 2.42. The fraction of sp³-hybridized carbons (Fsp3) is 0.417. The van der Waals surface area contributed by atoms with Crippen LogP contribution < -0.4 is 9.47 Å². The molecule has 3 nitrogen and oxygen atoms in total. The van der Waals surface area contributed by atoms with E-state index in [9.17, 15) is 4.79 Å². The predicted octanol–water partition coefficient (Wildman–Crippen LogP) is 2.80. The van der Waals surface area contributed by atoms with Gasteiger partial charge in [-0.3, -0.25) is 0 Å². The van der Waals surface area contributed by atoms with Crippen LogP contribution in [0.2, 0.25) is 5.02 Å². The van der Waals surface area contributed by atoms with Gasteiger partial charge in [-0.05, 0) is 18.1 Å². The SMILES string of the molecule is CC(CC=O)c1c(Cl)ccc2c1OCCO2. The Kier molecular flexibility index (Phi) is 3.34. The van der Waals surface area contributed by atoms with Gasteiger partial charge in [-0.2, -0.15) is 0 Å². The van der Waals surface area contributed by atoms with Crippen LogP contribution in [0, 0.1) is 0 Å². The van der Waals surface area contributed by atoms with E-state index in [0.29, 0.717) is 36.2 Å². The molecule has 1 aliphatic rings. The molecule has 0 N–H and O–H groups in total. The average Bonchev–Trinajstić information content (AvgIpc) is 2.29. The molecule has 86 valence electrons. The summed E-state index contributed by atoms with van der Waals surface area (Å²) in [5.74, 6) is 1.44. The summed E-state index contributed by atoms with van der Waals surface area (Å²) in [7, 11) is 0. The lowest BCUT2D eigenvalue weighted by molar-refractivity contribution is -0.108. The van der Waals surface area contributed by atoms with Gasteiger partial charge in [0.1, 0.15) is 19.5 Å². The van der Waals surface area contributed by atoms with Gasteiger partial charge in [-0.15, -0.1) is 0 Å². The van der Waals surface area contributed by atoms with Crippen molar-refractivity contribution in [2.75, 3.05) is 13.2 Å². The summed E-state index contributed by atoms with van der Waals surface area (Å²) in [4.78, 5) is 10.6. The Bertz CT molecular complexity index is 403. The monoisotopic (exact) mass is 240 g/mol. The third kappa shape index (κ3) is 2.00. The molecule has 0 spiro atoms. The van der Waals surface area contributed by atoms with Gasteiger partial charge in [-0.1, -0.05) is 18.5 Å². The van der Waals surface area contributed by atoms with Gasteiger partial charge < -0.3 is 14.3 Å². The van der Waals surface area contributed by atoms with E-state index in [2.05, 4.69) is 0 Å².